The fourth-order valence-corrected chi connectivity index (χ4v) is 3.48. The lowest BCUT2D eigenvalue weighted by Crippen LogP contribution is -2.13. The number of H-pyrrole nitrogens is 1. The van der Waals surface area contributed by atoms with E-state index in [2.05, 4.69) is 10.2 Å². The maximum atomic E-state index is 12.8. The lowest BCUT2D eigenvalue weighted by atomic mass is 9.98. The normalized spacial score (nSPS) is 10.7. The van der Waals surface area contributed by atoms with Crippen molar-refractivity contribution in [2.45, 2.75) is 6.42 Å². The molecule has 8 heteroatoms. The van der Waals surface area contributed by atoms with Crippen molar-refractivity contribution in [2.24, 2.45) is 0 Å². The molecular weight excluding hydrogens is 399 g/mol. The summed E-state index contributed by atoms with van der Waals surface area (Å²) in [5.74, 6) is -0.451. The van der Waals surface area contributed by atoms with Gasteiger partial charge in [-0.2, -0.15) is 5.10 Å². The maximum Gasteiger partial charge on any atom is 0.267 e. The molecule has 3 aromatic rings. The van der Waals surface area contributed by atoms with Crippen molar-refractivity contribution in [3.05, 3.63) is 90.3 Å². The van der Waals surface area contributed by atoms with Crippen molar-refractivity contribution in [1.82, 2.24) is 10.2 Å². The van der Waals surface area contributed by atoms with Crippen molar-refractivity contribution in [2.75, 3.05) is 0 Å². The number of hydrogen-bond acceptors (Lipinski definition) is 4. The number of halogens is 3. The number of aromatic amines is 1. The van der Waals surface area contributed by atoms with Crippen LogP contribution in [0.3, 0.4) is 0 Å². The molecule has 0 saturated carbocycles. The first-order valence-electron chi connectivity index (χ1n) is 7.40. The lowest BCUT2D eigenvalue weighted by Gasteiger charge is -2.10. The second-order valence-electron chi connectivity index (χ2n) is 5.50. The fraction of sp³-hybridized carbons (Fsp3) is 0.0556. The number of carbonyl (C=O) groups excluding carboxylic acids is 1. The summed E-state index contributed by atoms with van der Waals surface area (Å²) in [6, 6.07) is 8.74. The Morgan fingerprint density at radius 3 is 2.38 bits per heavy atom. The largest absolute Gasteiger partial charge is 0.508 e. The second kappa shape index (κ2) is 7.50. The third-order valence-corrected chi connectivity index (χ3v) is 4.58. The number of rotatable bonds is 4. The number of phenolic OH excluding ortho intramolecular Hbond substituents is 1. The molecule has 0 atom stereocenters. The summed E-state index contributed by atoms with van der Waals surface area (Å²) < 4.78 is 0. The highest BCUT2D eigenvalue weighted by atomic mass is 35.5. The van der Waals surface area contributed by atoms with E-state index in [1.54, 1.807) is 6.07 Å². The summed E-state index contributed by atoms with van der Waals surface area (Å²) in [5.41, 5.74) is 0.842. The molecule has 0 radical (unpaired) electrons. The van der Waals surface area contributed by atoms with Gasteiger partial charge < -0.3 is 5.11 Å². The number of nitrogens with zero attached hydrogens (tertiary/aromatic N) is 1. The SMILES string of the molecule is O=C(c1ccc(O)c(Cc2ccn[nH]c2=O)c1)c1c(Cl)cc(Cl)cc1Cl. The Morgan fingerprint density at radius 2 is 1.73 bits per heavy atom. The molecule has 0 bridgehead atoms. The molecular formula is C18H11Cl3N2O3. The van der Waals surface area contributed by atoms with Crippen LogP contribution in [-0.2, 0) is 6.42 Å². The van der Waals surface area contributed by atoms with E-state index in [0.29, 0.717) is 16.1 Å². The van der Waals surface area contributed by atoms with E-state index in [0.717, 1.165) is 0 Å². The molecule has 5 nitrogen and oxygen atoms in total. The quantitative estimate of drug-likeness (QED) is 0.631. The average Bonchev–Trinajstić information content (AvgIpc) is 2.57. The Morgan fingerprint density at radius 1 is 1.04 bits per heavy atom. The third kappa shape index (κ3) is 3.75. The number of carbonyl (C=O) groups is 1. The molecule has 1 heterocycles. The Labute approximate surface area is 163 Å². The predicted octanol–water partition coefficient (Wildman–Crippen LogP) is 4.26. The van der Waals surface area contributed by atoms with Crippen molar-refractivity contribution in [3.63, 3.8) is 0 Å². The van der Waals surface area contributed by atoms with Crippen molar-refractivity contribution in [1.29, 1.82) is 0 Å². The van der Waals surface area contributed by atoms with Crippen LogP contribution in [-0.4, -0.2) is 21.1 Å². The number of phenols is 1. The van der Waals surface area contributed by atoms with Crippen LogP contribution < -0.4 is 5.56 Å². The molecule has 2 aromatic carbocycles. The smallest absolute Gasteiger partial charge is 0.267 e. The second-order valence-corrected chi connectivity index (χ2v) is 6.76. The van der Waals surface area contributed by atoms with E-state index in [-0.39, 0.29) is 38.9 Å². The summed E-state index contributed by atoms with van der Waals surface area (Å²) in [7, 11) is 0. The topological polar surface area (TPSA) is 83.0 Å². The van der Waals surface area contributed by atoms with E-state index in [1.807, 2.05) is 0 Å². The Hall–Kier alpha value is -2.34. The highest BCUT2D eigenvalue weighted by Gasteiger charge is 2.19. The van der Waals surface area contributed by atoms with E-state index >= 15 is 0 Å². The first kappa shape index (κ1) is 18.5. The molecule has 0 aliphatic heterocycles. The number of hydrogen-bond donors (Lipinski definition) is 2. The van der Waals surface area contributed by atoms with Crippen LogP contribution in [0.5, 0.6) is 5.75 Å². The summed E-state index contributed by atoms with van der Waals surface area (Å²) in [5, 5.41) is 16.6. The third-order valence-electron chi connectivity index (χ3n) is 3.76. The van der Waals surface area contributed by atoms with E-state index < -0.39 is 5.78 Å². The Bertz CT molecular complexity index is 1040. The van der Waals surface area contributed by atoms with Gasteiger partial charge in [0.25, 0.3) is 5.56 Å². The zero-order valence-electron chi connectivity index (χ0n) is 13.1. The van der Waals surface area contributed by atoms with E-state index in [1.165, 1.54) is 36.5 Å². The minimum absolute atomic E-state index is 0.0361. The molecule has 1 aromatic heterocycles. The van der Waals surface area contributed by atoms with Crippen LogP contribution in [0.15, 0.2) is 47.4 Å². The van der Waals surface area contributed by atoms with E-state index in [9.17, 15) is 14.7 Å². The highest BCUT2D eigenvalue weighted by molar-refractivity contribution is 6.43. The van der Waals surface area contributed by atoms with Gasteiger partial charge in [0.15, 0.2) is 5.78 Å². The van der Waals surface area contributed by atoms with Gasteiger partial charge in [0.2, 0.25) is 0 Å². The summed E-state index contributed by atoms with van der Waals surface area (Å²) in [6.07, 6.45) is 1.57. The summed E-state index contributed by atoms with van der Waals surface area (Å²) in [4.78, 5) is 24.6. The molecule has 0 unspecified atom stereocenters. The van der Waals surface area contributed by atoms with Crippen LogP contribution in [0.4, 0.5) is 0 Å². The average molecular weight is 410 g/mol. The van der Waals surface area contributed by atoms with Gasteiger partial charge in [0, 0.05) is 28.8 Å². The molecule has 0 aliphatic rings. The molecule has 132 valence electrons. The molecule has 0 aliphatic carbocycles. The molecule has 26 heavy (non-hydrogen) atoms. The Balaban J connectivity index is 2.01. The predicted molar refractivity (Wildman–Crippen MR) is 101 cm³/mol. The lowest BCUT2D eigenvalue weighted by molar-refractivity contribution is 0.103. The zero-order chi connectivity index (χ0) is 18.8. The first-order chi connectivity index (χ1) is 12.4. The van der Waals surface area contributed by atoms with Gasteiger partial charge in [0.1, 0.15) is 5.75 Å². The number of nitrogens with one attached hydrogen (secondary N) is 1. The van der Waals surface area contributed by atoms with Crippen LogP contribution in [0.25, 0.3) is 0 Å². The van der Waals surface area contributed by atoms with Gasteiger partial charge >= 0.3 is 0 Å². The zero-order valence-corrected chi connectivity index (χ0v) is 15.4. The Kier molecular flexibility index (Phi) is 5.32. The van der Waals surface area contributed by atoms with Crippen molar-refractivity contribution < 1.29 is 9.90 Å². The van der Waals surface area contributed by atoms with Crippen LogP contribution in [0, 0.1) is 0 Å². The molecule has 3 rings (SSSR count). The number of ketones is 1. The highest BCUT2D eigenvalue weighted by Crippen LogP contribution is 2.32. The minimum atomic E-state index is -0.415. The monoisotopic (exact) mass is 408 g/mol. The van der Waals surface area contributed by atoms with Gasteiger partial charge in [-0.05, 0) is 42.0 Å². The molecule has 0 fully saturated rings. The van der Waals surface area contributed by atoms with Gasteiger partial charge in [-0.1, -0.05) is 34.8 Å². The summed E-state index contributed by atoms with van der Waals surface area (Å²) in [6.45, 7) is 0. The molecule has 2 N–H and O–H groups in total. The van der Waals surface area contributed by atoms with Gasteiger partial charge in [0.05, 0.1) is 15.6 Å². The molecule has 0 amide bonds. The van der Waals surface area contributed by atoms with Crippen molar-refractivity contribution in [3.8, 4) is 5.75 Å². The summed E-state index contributed by atoms with van der Waals surface area (Å²) >= 11 is 18.1. The number of aromatic hydroxyl groups is 1. The first-order valence-corrected chi connectivity index (χ1v) is 8.54. The van der Waals surface area contributed by atoms with Crippen LogP contribution in [0.2, 0.25) is 15.1 Å². The minimum Gasteiger partial charge on any atom is -0.508 e. The fourth-order valence-electron chi connectivity index (χ4n) is 2.49. The standard InChI is InChI=1S/C18H11Cl3N2O3/c19-12-7-13(20)16(14(21)8-12)17(25)9-1-2-15(24)11(5-9)6-10-3-4-22-23-18(10)26/h1-5,7-8,24H,6H2,(H,23,26). The van der Waals surface area contributed by atoms with Crippen LogP contribution >= 0.6 is 34.8 Å². The molecule has 0 spiro atoms. The van der Waals surface area contributed by atoms with Gasteiger partial charge in [-0.3, -0.25) is 9.59 Å². The van der Waals surface area contributed by atoms with Gasteiger partial charge in [-0.25, -0.2) is 5.10 Å². The van der Waals surface area contributed by atoms with Crippen LogP contribution in [0.1, 0.15) is 27.0 Å². The number of benzene rings is 2. The number of aromatic nitrogens is 2. The molecule has 0 saturated heterocycles. The van der Waals surface area contributed by atoms with Gasteiger partial charge in [-0.15, -0.1) is 0 Å². The van der Waals surface area contributed by atoms with Crippen molar-refractivity contribution >= 4 is 40.6 Å². The maximum absolute atomic E-state index is 12.8. The van der Waals surface area contributed by atoms with E-state index in [4.69, 9.17) is 34.8 Å².